The van der Waals surface area contributed by atoms with E-state index in [1.54, 1.807) is 0 Å². The summed E-state index contributed by atoms with van der Waals surface area (Å²) in [6.45, 7) is 2.83. The van der Waals surface area contributed by atoms with E-state index in [1.165, 1.54) is 11.1 Å². The van der Waals surface area contributed by atoms with E-state index >= 15 is 0 Å². The van der Waals surface area contributed by atoms with E-state index in [1.807, 2.05) is 36.0 Å². The Kier molecular flexibility index (Phi) is 3.37. The van der Waals surface area contributed by atoms with Crippen molar-refractivity contribution in [2.24, 2.45) is 5.73 Å². The summed E-state index contributed by atoms with van der Waals surface area (Å²) in [5.41, 5.74) is 8.21. The third-order valence-electron chi connectivity index (χ3n) is 2.43. The topological polar surface area (TPSA) is 43.8 Å². The maximum absolute atomic E-state index is 5.75. The van der Waals surface area contributed by atoms with Gasteiger partial charge in [0.2, 0.25) is 0 Å². The molecule has 0 aliphatic heterocycles. The third-order valence-corrected chi connectivity index (χ3v) is 2.43. The average molecular weight is 215 g/mol. The van der Waals surface area contributed by atoms with Gasteiger partial charge in [-0.2, -0.15) is 5.10 Å². The molecule has 84 valence electrons. The molecule has 0 fully saturated rings. The monoisotopic (exact) mass is 215 g/mol. The van der Waals surface area contributed by atoms with Crippen molar-refractivity contribution in [2.45, 2.75) is 25.9 Å². The molecule has 0 aliphatic carbocycles. The first kappa shape index (κ1) is 10.9. The van der Waals surface area contributed by atoms with Gasteiger partial charge in [-0.15, -0.1) is 0 Å². The molecule has 1 atom stereocenters. The average Bonchev–Trinajstić information content (AvgIpc) is 2.66. The van der Waals surface area contributed by atoms with Crippen molar-refractivity contribution < 1.29 is 0 Å². The minimum Gasteiger partial charge on any atom is -0.328 e. The van der Waals surface area contributed by atoms with E-state index < -0.39 is 0 Å². The first-order chi connectivity index (χ1) is 7.74. The fourth-order valence-electron chi connectivity index (χ4n) is 1.74. The predicted octanol–water partition coefficient (Wildman–Crippen LogP) is 1.82. The number of rotatable bonds is 4. The molecule has 16 heavy (non-hydrogen) atoms. The summed E-state index contributed by atoms with van der Waals surface area (Å²) in [6.07, 6.45) is 4.84. The molecule has 0 amide bonds. The van der Waals surface area contributed by atoms with Gasteiger partial charge in [-0.3, -0.25) is 4.68 Å². The minimum absolute atomic E-state index is 0.189. The van der Waals surface area contributed by atoms with Crippen LogP contribution in [0.2, 0.25) is 0 Å². The van der Waals surface area contributed by atoms with Crippen LogP contribution < -0.4 is 5.73 Å². The maximum atomic E-state index is 5.75. The van der Waals surface area contributed by atoms with Crippen LogP contribution in [0.15, 0.2) is 42.7 Å². The van der Waals surface area contributed by atoms with Crippen molar-refractivity contribution in [1.29, 1.82) is 0 Å². The van der Waals surface area contributed by atoms with E-state index in [0.29, 0.717) is 0 Å². The third kappa shape index (κ3) is 2.94. The van der Waals surface area contributed by atoms with E-state index in [2.05, 4.69) is 23.4 Å². The predicted molar refractivity (Wildman–Crippen MR) is 65.1 cm³/mol. The number of hydrogen-bond donors (Lipinski definition) is 1. The van der Waals surface area contributed by atoms with E-state index in [4.69, 9.17) is 5.73 Å². The second-order valence-corrected chi connectivity index (χ2v) is 4.21. The van der Waals surface area contributed by atoms with Crippen molar-refractivity contribution in [1.82, 2.24) is 9.78 Å². The highest BCUT2D eigenvalue weighted by Crippen LogP contribution is 2.05. The molecule has 2 aromatic rings. The molecule has 3 nitrogen and oxygen atoms in total. The van der Waals surface area contributed by atoms with Crippen molar-refractivity contribution in [3.63, 3.8) is 0 Å². The van der Waals surface area contributed by atoms with Gasteiger partial charge in [0.05, 0.1) is 12.7 Å². The molecule has 2 rings (SSSR count). The lowest BCUT2D eigenvalue weighted by atomic mass is 10.1. The van der Waals surface area contributed by atoms with Gasteiger partial charge in [0.1, 0.15) is 0 Å². The Morgan fingerprint density at radius 2 is 2.00 bits per heavy atom. The van der Waals surface area contributed by atoms with Crippen LogP contribution in [-0.4, -0.2) is 15.8 Å². The number of nitrogens with zero attached hydrogens (tertiary/aromatic N) is 2. The smallest absolute Gasteiger partial charge is 0.0659 e. The van der Waals surface area contributed by atoms with Gasteiger partial charge in [0.25, 0.3) is 0 Å². The molecule has 0 aliphatic rings. The lowest BCUT2D eigenvalue weighted by molar-refractivity contribution is 0.684. The Bertz CT molecular complexity index is 431. The van der Waals surface area contributed by atoms with E-state index in [-0.39, 0.29) is 6.04 Å². The Morgan fingerprint density at radius 3 is 2.69 bits per heavy atom. The second-order valence-electron chi connectivity index (χ2n) is 4.21. The molecule has 0 saturated carbocycles. The maximum Gasteiger partial charge on any atom is 0.0659 e. The fourth-order valence-corrected chi connectivity index (χ4v) is 1.74. The summed E-state index contributed by atoms with van der Waals surface area (Å²) in [5.74, 6) is 0. The Labute approximate surface area is 95.9 Å². The minimum atomic E-state index is 0.189. The number of hydrogen-bond acceptors (Lipinski definition) is 2. The Hall–Kier alpha value is -1.61. The molecule has 0 bridgehead atoms. The van der Waals surface area contributed by atoms with Crippen LogP contribution in [0.3, 0.4) is 0 Å². The van der Waals surface area contributed by atoms with Crippen molar-refractivity contribution in [2.75, 3.05) is 0 Å². The largest absolute Gasteiger partial charge is 0.328 e. The van der Waals surface area contributed by atoms with Gasteiger partial charge in [-0.05, 0) is 24.5 Å². The zero-order valence-corrected chi connectivity index (χ0v) is 9.50. The van der Waals surface area contributed by atoms with Crippen LogP contribution in [0, 0.1) is 0 Å². The first-order valence-corrected chi connectivity index (χ1v) is 5.55. The standard InChI is InChI=1S/C13H17N3/c1-11(14)7-13-8-15-16(10-13)9-12-5-3-2-4-6-12/h2-6,8,10-11H,7,9,14H2,1H3/t11-/m0/s1. The SMILES string of the molecule is C[C@H](N)Cc1cnn(Cc2ccccc2)c1. The fraction of sp³-hybridized carbons (Fsp3) is 0.308. The molecular formula is C13H17N3. The number of benzene rings is 1. The molecule has 0 saturated heterocycles. The summed E-state index contributed by atoms with van der Waals surface area (Å²) in [5, 5.41) is 4.33. The van der Waals surface area contributed by atoms with Crippen LogP contribution in [0.4, 0.5) is 0 Å². The number of nitrogens with two attached hydrogens (primary N) is 1. The quantitative estimate of drug-likeness (QED) is 0.845. The van der Waals surface area contributed by atoms with E-state index in [9.17, 15) is 0 Å². The molecule has 1 heterocycles. The molecule has 3 heteroatoms. The Balaban J connectivity index is 2.03. The van der Waals surface area contributed by atoms with Gasteiger partial charge >= 0.3 is 0 Å². The number of aromatic nitrogens is 2. The van der Waals surface area contributed by atoms with Gasteiger partial charge in [0.15, 0.2) is 0 Å². The van der Waals surface area contributed by atoms with Crippen molar-refractivity contribution in [3.05, 3.63) is 53.9 Å². The summed E-state index contributed by atoms with van der Waals surface area (Å²) in [4.78, 5) is 0. The molecule has 0 unspecified atom stereocenters. The summed E-state index contributed by atoms with van der Waals surface area (Å²) in [6, 6.07) is 10.5. The van der Waals surface area contributed by atoms with Crippen molar-refractivity contribution >= 4 is 0 Å². The highest BCUT2D eigenvalue weighted by molar-refractivity contribution is 5.15. The first-order valence-electron chi connectivity index (χ1n) is 5.55. The van der Waals surface area contributed by atoms with Gasteiger partial charge in [-0.25, -0.2) is 0 Å². The van der Waals surface area contributed by atoms with Crippen molar-refractivity contribution in [3.8, 4) is 0 Å². The molecule has 1 aromatic heterocycles. The van der Waals surface area contributed by atoms with Crippen LogP contribution in [0.5, 0.6) is 0 Å². The molecular weight excluding hydrogens is 198 g/mol. The molecule has 0 radical (unpaired) electrons. The van der Waals surface area contributed by atoms with Crippen LogP contribution >= 0.6 is 0 Å². The van der Waals surface area contributed by atoms with E-state index in [0.717, 1.165) is 13.0 Å². The summed E-state index contributed by atoms with van der Waals surface area (Å²) < 4.78 is 1.95. The lowest BCUT2D eigenvalue weighted by Crippen LogP contribution is -2.17. The second kappa shape index (κ2) is 4.94. The molecule has 2 N–H and O–H groups in total. The molecule has 1 aromatic carbocycles. The van der Waals surface area contributed by atoms with Crippen LogP contribution in [0.25, 0.3) is 0 Å². The van der Waals surface area contributed by atoms with Gasteiger partial charge in [-0.1, -0.05) is 30.3 Å². The summed E-state index contributed by atoms with van der Waals surface area (Å²) >= 11 is 0. The highest BCUT2D eigenvalue weighted by atomic mass is 15.3. The Morgan fingerprint density at radius 1 is 1.25 bits per heavy atom. The van der Waals surface area contributed by atoms with Crippen LogP contribution in [-0.2, 0) is 13.0 Å². The van der Waals surface area contributed by atoms with Gasteiger partial charge in [0, 0.05) is 12.2 Å². The normalized spacial score (nSPS) is 12.6. The van der Waals surface area contributed by atoms with Gasteiger partial charge < -0.3 is 5.73 Å². The summed E-state index contributed by atoms with van der Waals surface area (Å²) in [7, 11) is 0. The lowest BCUT2D eigenvalue weighted by Gasteiger charge is -2.02. The zero-order valence-electron chi connectivity index (χ0n) is 9.50. The van der Waals surface area contributed by atoms with Crippen LogP contribution in [0.1, 0.15) is 18.1 Å². The zero-order chi connectivity index (χ0) is 11.4. The highest BCUT2D eigenvalue weighted by Gasteiger charge is 2.01. The molecule has 0 spiro atoms.